The molecule has 1 heterocycles. The van der Waals surface area contributed by atoms with Crippen LogP contribution < -0.4 is 5.73 Å². The molecule has 0 spiro atoms. The van der Waals surface area contributed by atoms with Crippen molar-refractivity contribution in [2.24, 2.45) is 11.7 Å². The van der Waals surface area contributed by atoms with Gasteiger partial charge in [-0.2, -0.15) is 0 Å². The second-order valence-electron chi connectivity index (χ2n) is 4.81. The molecule has 1 aromatic rings. The van der Waals surface area contributed by atoms with Gasteiger partial charge in [0.25, 0.3) is 0 Å². The number of nitrogens with two attached hydrogens (primary N) is 1. The van der Waals surface area contributed by atoms with E-state index in [2.05, 4.69) is 11.8 Å². The van der Waals surface area contributed by atoms with Crippen molar-refractivity contribution in [2.75, 3.05) is 13.1 Å². The summed E-state index contributed by atoms with van der Waals surface area (Å²) in [6, 6.07) is 5.02. The smallest absolute Gasteiger partial charge is 0.133 e. The zero-order chi connectivity index (χ0) is 12.4. The second kappa shape index (κ2) is 5.10. The number of rotatable bonds is 3. The van der Waals surface area contributed by atoms with Crippen LogP contribution in [0.25, 0.3) is 0 Å². The fourth-order valence-electron chi connectivity index (χ4n) is 2.29. The number of hydrogen-bond donors (Lipinski definition) is 1. The Labute approximate surface area is 107 Å². The number of halogens is 1. The number of likely N-dealkylation sites (tertiary alicyclic amines) is 1. The standard InChI is InChI=1S/C13H17FN2S/c1-9-4-5-16(7-9)8-10-2-3-12(14)11(6-10)13(15)17/h2-3,6,9H,4-5,7-8H2,1H3,(H2,15,17). The molecular weight excluding hydrogens is 235 g/mol. The molecule has 92 valence electrons. The van der Waals surface area contributed by atoms with Crippen molar-refractivity contribution in [3.05, 3.63) is 35.1 Å². The number of benzene rings is 1. The van der Waals surface area contributed by atoms with Crippen LogP contribution in [0.5, 0.6) is 0 Å². The summed E-state index contributed by atoms with van der Waals surface area (Å²) in [5, 5.41) is 0. The molecule has 2 nitrogen and oxygen atoms in total. The summed E-state index contributed by atoms with van der Waals surface area (Å²) >= 11 is 4.83. The monoisotopic (exact) mass is 252 g/mol. The molecule has 1 aliphatic heterocycles. The maximum atomic E-state index is 13.4. The van der Waals surface area contributed by atoms with Gasteiger partial charge in [0.2, 0.25) is 0 Å². The third-order valence-corrected chi connectivity index (χ3v) is 3.43. The Kier molecular flexibility index (Phi) is 3.74. The van der Waals surface area contributed by atoms with Gasteiger partial charge in [-0.3, -0.25) is 4.90 Å². The summed E-state index contributed by atoms with van der Waals surface area (Å²) < 4.78 is 13.4. The van der Waals surface area contributed by atoms with Gasteiger partial charge >= 0.3 is 0 Å². The Morgan fingerprint density at radius 1 is 1.59 bits per heavy atom. The lowest BCUT2D eigenvalue weighted by Gasteiger charge is -2.16. The molecule has 2 N–H and O–H groups in total. The molecule has 0 saturated carbocycles. The SMILES string of the molecule is CC1CCN(Cc2ccc(F)c(C(N)=S)c2)C1. The highest BCUT2D eigenvalue weighted by atomic mass is 32.1. The Balaban J connectivity index is 2.11. The van der Waals surface area contributed by atoms with Gasteiger partial charge in [0.1, 0.15) is 10.8 Å². The third-order valence-electron chi connectivity index (χ3n) is 3.21. The molecule has 1 atom stereocenters. The second-order valence-corrected chi connectivity index (χ2v) is 5.25. The van der Waals surface area contributed by atoms with E-state index < -0.39 is 0 Å². The lowest BCUT2D eigenvalue weighted by atomic mass is 10.1. The normalized spacial score (nSPS) is 20.7. The van der Waals surface area contributed by atoms with E-state index in [1.807, 2.05) is 0 Å². The van der Waals surface area contributed by atoms with Gasteiger partial charge in [-0.1, -0.05) is 25.2 Å². The maximum absolute atomic E-state index is 13.4. The highest BCUT2D eigenvalue weighted by molar-refractivity contribution is 7.80. The largest absolute Gasteiger partial charge is 0.389 e. The van der Waals surface area contributed by atoms with Crippen LogP contribution in [-0.4, -0.2) is 23.0 Å². The maximum Gasteiger partial charge on any atom is 0.133 e. The quantitative estimate of drug-likeness (QED) is 0.837. The van der Waals surface area contributed by atoms with Crippen LogP contribution in [0.15, 0.2) is 18.2 Å². The van der Waals surface area contributed by atoms with E-state index >= 15 is 0 Å². The van der Waals surface area contributed by atoms with Crippen molar-refractivity contribution < 1.29 is 4.39 Å². The van der Waals surface area contributed by atoms with Crippen molar-refractivity contribution >= 4 is 17.2 Å². The zero-order valence-electron chi connectivity index (χ0n) is 9.95. The summed E-state index contributed by atoms with van der Waals surface area (Å²) in [7, 11) is 0. The van der Waals surface area contributed by atoms with Crippen LogP contribution in [0.3, 0.4) is 0 Å². The van der Waals surface area contributed by atoms with Crippen LogP contribution in [0.1, 0.15) is 24.5 Å². The molecule has 0 radical (unpaired) electrons. The van der Waals surface area contributed by atoms with Crippen LogP contribution >= 0.6 is 12.2 Å². The van der Waals surface area contributed by atoms with Crippen LogP contribution in [0.4, 0.5) is 4.39 Å². The molecule has 1 aliphatic rings. The van der Waals surface area contributed by atoms with Crippen LogP contribution in [-0.2, 0) is 6.54 Å². The summed E-state index contributed by atoms with van der Waals surface area (Å²) in [5.74, 6) is 0.418. The molecule has 1 aromatic carbocycles. The first-order valence-electron chi connectivity index (χ1n) is 5.87. The van der Waals surface area contributed by atoms with Gasteiger partial charge in [-0.05, 0) is 36.6 Å². The first-order valence-corrected chi connectivity index (χ1v) is 6.27. The lowest BCUT2D eigenvalue weighted by Crippen LogP contribution is -2.20. The molecule has 0 bridgehead atoms. The Hall–Kier alpha value is -1.00. The van der Waals surface area contributed by atoms with Crippen molar-refractivity contribution in [1.29, 1.82) is 0 Å². The molecule has 2 rings (SSSR count). The Bertz CT molecular complexity index is 433. The number of thiocarbonyl (C=S) groups is 1. The molecular formula is C13H17FN2S. The average Bonchev–Trinajstić information content (AvgIpc) is 2.66. The van der Waals surface area contributed by atoms with Crippen molar-refractivity contribution in [3.8, 4) is 0 Å². The first-order chi connectivity index (χ1) is 8.06. The van der Waals surface area contributed by atoms with Crippen LogP contribution in [0.2, 0.25) is 0 Å². The highest BCUT2D eigenvalue weighted by Gasteiger charge is 2.18. The van der Waals surface area contributed by atoms with Gasteiger partial charge in [0, 0.05) is 18.7 Å². The average molecular weight is 252 g/mol. The van der Waals surface area contributed by atoms with Crippen molar-refractivity contribution in [2.45, 2.75) is 19.9 Å². The van der Waals surface area contributed by atoms with Gasteiger partial charge in [-0.15, -0.1) is 0 Å². The van der Waals surface area contributed by atoms with E-state index in [4.69, 9.17) is 18.0 Å². The molecule has 1 fully saturated rings. The Morgan fingerprint density at radius 3 is 2.94 bits per heavy atom. The minimum Gasteiger partial charge on any atom is -0.389 e. The van der Waals surface area contributed by atoms with Crippen LogP contribution in [0, 0.1) is 11.7 Å². The summed E-state index contributed by atoms with van der Waals surface area (Å²) in [6.45, 7) is 5.33. The summed E-state index contributed by atoms with van der Waals surface area (Å²) in [4.78, 5) is 2.50. The number of nitrogens with zero attached hydrogens (tertiary/aromatic N) is 1. The predicted molar refractivity (Wildman–Crippen MR) is 71.3 cm³/mol. The minimum absolute atomic E-state index is 0.124. The van der Waals surface area contributed by atoms with E-state index in [-0.39, 0.29) is 10.8 Å². The fraction of sp³-hybridized carbons (Fsp3) is 0.462. The van der Waals surface area contributed by atoms with E-state index in [1.165, 1.54) is 12.5 Å². The van der Waals surface area contributed by atoms with Gasteiger partial charge in [0.05, 0.1) is 0 Å². The molecule has 0 amide bonds. The molecule has 0 aromatic heterocycles. The van der Waals surface area contributed by atoms with E-state index in [9.17, 15) is 4.39 Å². The molecule has 0 aliphatic carbocycles. The molecule has 1 saturated heterocycles. The minimum atomic E-state index is -0.337. The van der Waals surface area contributed by atoms with Gasteiger partial charge < -0.3 is 5.73 Å². The molecule has 17 heavy (non-hydrogen) atoms. The fourth-order valence-corrected chi connectivity index (χ4v) is 2.44. The summed E-state index contributed by atoms with van der Waals surface area (Å²) in [5.41, 5.74) is 6.92. The Morgan fingerprint density at radius 2 is 2.35 bits per heavy atom. The molecule has 1 unspecified atom stereocenters. The first kappa shape index (κ1) is 12.5. The summed E-state index contributed by atoms with van der Waals surface area (Å²) in [6.07, 6.45) is 1.24. The third kappa shape index (κ3) is 3.01. The van der Waals surface area contributed by atoms with Crippen molar-refractivity contribution in [3.63, 3.8) is 0 Å². The predicted octanol–water partition coefficient (Wildman–Crippen LogP) is 2.30. The van der Waals surface area contributed by atoms with E-state index in [0.29, 0.717) is 5.56 Å². The van der Waals surface area contributed by atoms with E-state index in [1.54, 1.807) is 12.1 Å². The van der Waals surface area contributed by atoms with Crippen molar-refractivity contribution in [1.82, 2.24) is 4.90 Å². The molecule has 4 heteroatoms. The lowest BCUT2D eigenvalue weighted by molar-refractivity contribution is 0.320. The van der Waals surface area contributed by atoms with E-state index in [0.717, 1.165) is 31.1 Å². The van der Waals surface area contributed by atoms with Gasteiger partial charge in [-0.25, -0.2) is 4.39 Å². The number of hydrogen-bond acceptors (Lipinski definition) is 2. The van der Waals surface area contributed by atoms with Gasteiger partial charge in [0.15, 0.2) is 0 Å². The highest BCUT2D eigenvalue weighted by Crippen LogP contribution is 2.19. The zero-order valence-corrected chi connectivity index (χ0v) is 10.8. The topological polar surface area (TPSA) is 29.3 Å².